The number of phenols is 3. The number of allylic oxidation sites excluding steroid dienone is 2. The van der Waals surface area contributed by atoms with E-state index in [2.05, 4.69) is 0 Å². The molecule has 0 fully saturated rings. The van der Waals surface area contributed by atoms with Crippen LogP contribution in [0.5, 0.6) is 23.0 Å². The lowest BCUT2D eigenvalue weighted by molar-refractivity contribution is 0.406. The highest BCUT2D eigenvalue weighted by Gasteiger charge is 2.19. The smallest absolute Gasteiger partial charge is 0.142 e. The highest BCUT2D eigenvalue weighted by Crippen LogP contribution is 2.42. The summed E-state index contributed by atoms with van der Waals surface area (Å²) in [6.45, 7) is 3.98. The number of methoxy groups -OCH3 is 1. The van der Waals surface area contributed by atoms with E-state index < -0.39 is 0 Å². The zero-order chi connectivity index (χ0) is 18.1. The Morgan fingerprint density at radius 1 is 1.08 bits per heavy atom. The molecule has 5 nitrogen and oxygen atoms in total. The number of hydrogen-bond acceptors (Lipinski definition) is 5. The third-order valence-electron chi connectivity index (χ3n) is 4.02. The van der Waals surface area contributed by atoms with Crippen LogP contribution in [0.15, 0.2) is 46.4 Å². The molecule has 0 saturated heterocycles. The topological polar surface area (TPSA) is 83.1 Å². The molecule has 25 heavy (non-hydrogen) atoms. The Balaban J connectivity index is 2.18. The summed E-state index contributed by atoms with van der Waals surface area (Å²) in [4.78, 5) is 0. The fourth-order valence-electron chi connectivity index (χ4n) is 2.78. The SMILES string of the molecule is COc1c(CC=C(C)C)c(O)cc2oc(-c3ccc(O)cc3O)cc12. The van der Waals surface area contributed by atoms with Gasteiger partial charge < -0.3 is 24.5 Å². The van der Waals surface area contributed by atoms with Gasteiger partial charge in [-0.1, -0.05) is 11.6 Å². The normalized spacial score (nSPS) is 10.8. The van der Waals surface area contributed by atoms with Crippen molar-refractivity contribution in [3.05, 3.63) is 47.5 Å². The van der Waals surface area contributed by atoms with Crippen molar-refractivity contribution in [2.45, 2.75) is 20.3 Å². The maximum Gasteiger partial charge on any atom is 0.142 e. The van der Waals surface area contributed by atoms with Crippen LogP contribution < -0.4 is 4.74 Å². The first-order valence-corrected chi connectivity index (χ1v) is 7.88. The van der Waals surface area contributed by atoms with Gasteiger partial charge in [-0.3, -0.25) is 0 Å². The van der Waals surface area contributed by atoms with Crippen LogP contribution in [-0.2, 0) is 6.42 Å². The predicted octanol–water partition coefficient (Wildman–Crippen LogP) is 4.73. The number of ether oxygens (including phenoxy) is 1. The van der Waals surface area contributed by atoms with Gasteiger partial charge in [0.2, 0.25) is 0 Å². The Labute approximate surface area is 145 Å². The molecule has 1 heterocycles. The second-order valence-corrected chi connectivity index (χ2v) is 6.12. The van der Waals surface area contributed by atoms with E-state index in [0.29, 0.717) is 40.0 Å². The van der Waals surface area contributed by atoms with Crippen molar-refractivity contribution < 1.29 is 24.5 Å². The third kappa shape index (κ3) is 3.13. The molecule has 0 saturated carbocycles. The third-order valence-corrected chi connectivity index (χ3v) is 4.02. The molecular formula is C20H20O5. The quantitative estimate of drug-likeness (QED) is 0.598. The number of fused-ring (bicyclic) bond motifs is 1. The number of aromatic hydroxyl groups is 3. The monoisotopic (exact) mass is 340 g/mol. The largest absolute Gasteiger partial charge is 0.508 e. The summed E-state index contributed by atoms with van der Waals surface area (Å²) in [5.41, 5.74) is 2.72. The average Bonchev–Trinajstić information content (AvgIpc) is 2.95. The van der Waals surface area contributed by atoms with E-state index in [0.717, 1.165) is 5.57 Å². The van der Waals surface area contributed by atoms with Crippen molar-refractivity contribution in [2.24, 2.45) is 0 Å². The molecule has 0 aliphatic rings. The first-order chi connectivity index (χ1) is 11.9. The lowest BCUT2D eigenvalue weighted by Gasteiger charge is -2.10. The van der Waals surface area contributed by atoms with Crippen LogP contribution in [0.4, 0.5) is 0 Å². The molecule has 0 radical (unpaired) electrons. The van der Waals surface area contributed by atoms with Gasteiger partial charge in [-0.05, 0) is 38.5 Å². The second-order valence-electron chi connectivity index (χ2n) is 6.12. The van der Waals surface area contributed by atoms with Gasteiger partial charge >= 0.3 is 0 Å². The number of rotatable bonds is 4. The van der Waals surface area contributed by atoms with E-state index in [1.165, 1.54) is 12.1 Å². The summed E-state index contributed by atoms with van der Waals surface area (Å²) in [5, 5.41) is 30.5. The lowest BCUT2D eigenvalue weighted by Crippen LogP contribution is -1.92. The molecule has 1 aromatic heterocycles. The summed E-state index contributed by atoms with van der Waals surface area (Å²) in [7, 11) is 1.55. The van der Waals surface area contributed by atoms with Crippen molar-refractivity contribution in [1.29, 1.82) is 0 Å². The Morgan fingerprint density at radius 3 is 2.48 bits per heavy atom. The van der Waals surface area contributed by atoms with E-state index >= 15 is 0 Å². The molecule has 0 atom stereocenters. The van der Waals surface area contributed by atoms with Gasteiger partial charge in [-0.15, -0.1) is 0 Å². The van der Waals surface area contributed by atoms with Gasteiger partial charge in [0.25, 0.3) is 0 Å². The van der Waals surface area contributed by atoms with Crippen LogP contribution in [-0.4, -0.2) is 22.4 Å². The average molecular weight is 340 g/mol. The molecular weight excluding hydrogens is 320 g/mol. The number of phenolic OH excluding ortho intramolecular Hbond substituents is 3. The van der Waals surface area contributed by atoms with E-state index in [-0.39, 0.29) is 17.2 Å². The molecule has 3 N–H and O–H groups in total. The Bertz CT molecular complexity index is 962. The van der Waals surface area contributed by atoms with Gasteiger partial charge in [-0.25, -0.2) is 0 Å². The summed E-state index contributed by atoms with van der Waals surface area (Å²) in [6.07, 6.45) is 2.55. The fraction of sp³-hybridized carbons (Fsp3) is 0.200. The van der Waals surface area contributed by atoms with Crippen LogP contribution in [0.25, 0.3) is 22.3 Å². The van der Waals surface area contributed by atoms with Crippen LogP contribution in [0, 0.1) is 0 Å². The minimum Gasteiger partial charge on any atom is -0.508 e. The zero-order valence-corrected chi connectivity index (χ0v) is 14.3. The number of benzene rings is 2. The predicted molar refractivity (Wildman–Crippen MR) is 96.3 cm³/mol. The van der Waals surface area contributed by atoms with E-state index in [1.807, 2.05) is 19.9 Å². The molecule has 2 aromatic carbocycles. The van der Waals surface area contributed by atoms with Crippen molar-refractivity contribution in [3.63, 3.8) is 0 Å². The van der Waals surface area contributed by atoms with Gasteiger partial charge in [-0.2, -0.15) is 0 Å². The van der Waals surface area contributed by atoms with E-state index in [1.54, 1.807) is 25.3 Å². The second kappa shape index (κ2) is 6.43. The summed E-state index contributed by atoms with van der Waals surface area (Å²) < 4.78 is 11.3. The standard InChI is InChI=1S/C20H20O5/c1-11(2)4-6-14-17(23)10-19-15(20(14)24-3)9-18(25-19)13-7-5-12(21)8-16(13)22/h4-5,7-10,21-23H,6H2,1-3H3. The summed E-state index contributed by atoms with van der Waals surface area (Å²) in [6, 6.07) is 7.59. The van der Waals surface area contributed by atoms with Gasteiger partial charge in [0, 0.05) is 17.7 Å². The van der Waals surface area contributed by atoms with Gasteiger partial charge in [0.1, 0.15) is 34.3 Å². The molecule has 3 aromatic rings. The van der Waals surface area contributed by atoms with Gasteiger partial charge in [0.15, 0.2) is 0 Å². The van der Waals surface area contributed by atoms with Crippen LogP contribution >= 0.6 is 0 Å². The van der Waals surface area contributed by atoms with Crippen molar-refractivity contribution in [2.75, 3.05) is 7.11 Å². The van der Waals surface area contributed by atoms with E-state index in [4.69, 9.17) is 9.15 Å². The van der Waals surface area contributed by atoms with Crippen LogP contribution in [0.1, 0.15) is 19.4 Å². The maximum absolute atomic E-state index is 10.4. The minimum atomic E-state index is -0.0907. The minimum absolute atomic E-state index is 0.0309. The molecule has 0 spiro atoms. The Hall–Kier alpha value is -3.08. The van der Waals surface area contributed by atoms with Crippen LogP contribution in [0.2, 0.25) is 0 Å². The van der Waals surface area contributed by atoms with Crippen LogP contribution in [0.3, 0.4) is 0 Å². The van der Waals surface area contributed by atoms with Crippen molar-refractivity contribution in [3.8, 4) is 34.3 Å². The highest BCUT2D eigenvalue weighted by molar-refractivity contribution is 5.92. The molecule has 0 aliphatic heterocycles. The Kier molecular flexibility index (Phi) is 4.31. The Morgan fingerprint density at radius 2 is 1.84 bits per heavy atom. The molecule has 5 heteroatoms. The molecule has 130 valence electrons. The summed E-state index contributed by atoms with van der Waals surface area (Å²) >= 11 is 0. The molecule has 3 rings (SSSR count). The molecule has 0 amide bonds. The first kappa shape index (κ1) is 16.8. The zero-order valence-electron chi connectivity index (χ0n) is 14.3. The molecule has 0 bridgehead atoms. The number of furan rings is 1. The lowest BCUT2D eigenvalue weighted by atomic mass is 10.0. The van der Waals surface area contributed by atoms with Crippen molar-refractivity contribution in [1.82, 2.24) is 0 Å². The maximum atomic E-state index is 10.4. The highest BCUT2D eigenvalue weighted by atomic mass is 16.5. The molecule has 0 unspecified atom stereocenters. The number of hydrogen-bond donors (Lipinski definition) is 3. The van der Waals surface area contributed by atoms with Crippen molar-refractivity contribution >= 4 is 11.0 Å². The first-order valence-electron chi connectivity index (χ1n) is 7.88. The molecule has 0 aliphatic carbocycles. The fourth-order valence-corrected chi connectivity index (χ4v) is 2.78. The van der Waals surface area contributed by atoms with Gasteiger partial charge in [0.05, 0.1) is 18.1 Å². The summed E-state index contributed by atoms with van der Waals surface area (Å²) in [5.74, 6) is 0.937. The van der Waals surface area contributed by atoms with E-state index in [9.17, 15) is 15.3 Å².